The van der Waals surface area contributed by atoms with E-state index in [-0.39, 0.29) is 5.91 Å². The van der Waals surface area contributed by atoms with E-state index in [0.29, 0.717) is 23.1 Å². The van der Waals surface area contributed by atoms with Gasteiger partial charge in [-0.3, -0.25) is 4.79 Å². The van der Waals surface area contributed by atoms with E-state index in [1.54, 1.807) is 24.6 Å². The highest BCUT2D eigenvalue weighted by atomic mass is 32.1. The molecule has 0 bridgehead atoms. The molecule has 0 aliphatic carbocycles. The second-order valence-electron chi connectivity index (χ2n) is 6.19. The molecule has 0 saturated heterocycles. The molecule has 0 aliphatic heterocycles. The van der Waals surface area contributed by atoms with Crippen molar-refractivity contribution in [3.05, 3.63) is 77.7 Å². The molecule has 4 aromatic rings. The molecule has 1 aromatic carbocycles. The third kappa shape index (κ3) is 4.29. The molecule has 1 amide bonds. The number of carbonyl (C=O) groups excluding carboxylic acids is 1. The highest BCUT2D eigenvalue weighted by Gasteiger charge is 2.12. The van der Waals surface area contributed by atoms with Crippen LogP contribution in [0.3, 0.4) is 0 Å². The van der Waals surface area contributed by atoms with E-state index in [2.05, 4.69) is 20.6 Å². The van der Waals surface area contributed by atoms with E-state index in [1.165, 1.54) is 11.3 Å². The summed E-state index contributed by atoms with van der Waals surface area (Å²) in [5.41, 5.74) is 2.85. The standard InChI is InChI=1S/C20H17BN4O2S/c21-13-3-1-4-14(11-13)24-20-22-9-8-16(25-20)17-6-7-18(28-17)19(26)23-12-15-5-2-10-27-15/h1-11H,12,21H2,(H,23,26)(H,22,24,25). The summed E-state index contributed by atoms with van der Waals surface area (Å²) >= 11 is 1.39. The second kappa shape index (κ2) is 8.10. The number of nitrogens with one attached hydrogen (secondary N) is 2. The largest absolute Gasteiger partial charge is 0.467 e. The van der Waals surface area contributed by atoms with Gasteiger partial charge >= 0.3 is 0 Å². The van der Waals surface area contributed by atoms with Crippen molar-refractivity contribution in [2.45, 2.75) is 6.54 Å². The van der Waals surface area contributed by atoms with Crippen LogP contribution in [0.1, 0.15) is 15.4 Å². The van der Waals surface area contributed by atoms with Crippen molar-refractivity contribution in [2.75, 3.05) is 5.32 Å². The summed E-state index contributed by atoms with van der Waals surface area (Å²) in [4.78, 5) is 22.7. The lowest BCUT2D eigenvalue weighted by molar-refractivity contribution is 0.0952. The number of nitrogens with zero attached hydrogens (tertiary/aromatic N) is 2. The van der Waals surface area contributed by atoms with Gasteiger partial charge in [0.2, 0.25) is 5.95 Å². The minimum Gasteiger partial charge on any atom is -0.467 e. The number of hydrogen-bond donors (Lipinski definition) is 2. The van der Waals surface area contributed by atoms with Crippen LogP contribution in [-0.4, -0.2) is 23.7 Å². The fourth-order valence-corrected chi connectivity index (χ4v) is 3.57. The number of amides is 1. The number of hydrogen-bond acceptors (Lipinski definition) is 6. The van der Waals surface area contributed by atoms with Crippen molar-refractivity contribution in [1.82, 2.24) is 15.3 Å². The second-order valence-corrected chi connectivity index (χ2v) is 7.27. The lowest BCUT2D eigenvalue weighted by Crippen LogP contribution is -2.21. The lowest BCUT2D eigenvalue weighted by Gasteiger charge is -2.06. The van der Waals surface area contributed by atoms with E-state index in [1.807, 2.05) is 50.3 Å². The molecule has 0 fully saturated rings. The van der Waals surface area contributed by atoms with Crippen LogP contribution in [0.2, 0.25) is 0 Å². The Balaban J connectivity index is 1.46. The molecular weight excluding hydrogens is 371 g/mol. The predicted octanol–water partition coefficient (Wildman–Crippen LogP) is 2.73. The number of furan rings is 1. The molecule has 0 unspecified atom stereocenters. The molecule has 4 rings (SSSR count). The van der Waals surface area contributed by atoms with Crippen LogP contribution >= 0.6 is 11.3 Å². The minimum absolute atomic E-state index is 0.139. The quantitative estimate of drug-likeness (QED) is 0.497. The van der Waals surface area contributed by atoms with Crippen LogP contribution in [0, 0.1) is 0 Å². The zero-order valence-corrected chi connectivity index (χ0v) is 16.0. The number of anilines is 2. The highest BCUT2D eigenvalue weighted by molar-refractivity contribution is 7.17. The minimum atomic E-state index is -0.139. The number of carbonyl (C=O) groups is 1. The van der Waals surface area contributed by atoms with Gasteiger partial charge in [-0.2, -0.15) is 0 Å². The third-order valence-electron chi connectivity index (χ3n) is 4.02. The van der Waals surface area contributed by atoms with Crippen LogP contribution in [0.15, 0.2) is 71.5 Å². The summed E-state index contributed by atoms with van der Waals surface area (Å²) in [5, 5.41) is 6.06. The Labute approximate surface area is 167 Å². The number of thiophene rings is 1. The summed E-state index contributed by atoms with van der Waals surface area (Å²) in [6, 6.07) is 17.2. The van der Waals surface area contributed by atoms with Gasteiger partial charge < -0.3 is 15.1 Å². The van der Waals surface area contributed by atoms with Crippen LogP contribution in [0.4, 0.5) is 11.6 Å². The van der Waals surface area contributed by atoms with E-state index < -0.39 is 0 Å². The Kier molecular flexibility index (Phi) is 5.21. The summed E-state index contributed by atoms with van der Waals surface area (Å²) in [7, 11) is 2.03. The summed E-state index contributed by atoms with van der Waals surface area (Å²) in [5.74, 6) is 1.09. The monoisotopic (exact) mass is 388 g/mol. The van der Waals surface area contributed by atoms with Gasteiger partial charge in [0.25, 0.3) is 5.91 Å². The van der Waals surface area contributed by atoms with Crippen molar-refractivity contribution in [2.24, 2.45) is 0 Å². The van der Waals surface area contributed by atoms with E-state index in [4.69, 9.17) is 4.42 Å². The molecule has 0 aliphatic rings. The first-order chi connectivity index (χ1) is 13.7. The van der Waals surface area contributed by atoms with Crippen molar-refractivity contribution in [3.63, 3.8) is 0 Å². The van der Waals surface area contributed by atoms with E-state index in [0.717, 1.165) is 21.7 Å². The van der Waals surface area contributed by atoms with Crippen molar-refractivity contribution < 1.29 is 9.21 Å². The Bertz CT molecular complexity index is 1100. The highest BCUT2D eigenvalue weighted by Crippen LogP contribution is 2.27. The fraction of sp³-hybridized carbons (Fsp3) is 0.0500. The summed E-state index contributed by atoms with van der Waals surface area (Å²) < 4.78 is 5.23. The van der Waals surface area contributed by atoms with Gasteiger partial charge in [0.05, 0.1) is 28.3 Å². The molecule has 0 radical (unpaired) electrons. The van der Waals surface area contributed by atoms with Gasteiger partial charge in [-0.15, -0.1) is 11.3 Å². The molecule has 3 heterocycles. The van der Waals surface area contributed by atoms with Crippen LogP contribution in [0.25, 0.3) is 10.6 Å². The Hall–Kier alpha value is -3.39. The molecule has 28 heavy (non-hydrogen) atoms. The SMILES string of the molecule is Bc1cccc(Nc2nccc(-c3ccc(C(=O)NCc4ccco4)s3)n2)c1. The molecule has 6 nitrogen and oxygen atoms in total. The fourth-order valence-electron chi connectivity index (χ4n) is 2.67. The van der Waals surface area contributed by atoms with Gasteiger partial charge in [-0.1, -0.05) is 17.6 Å². The van der Waals surface area contributed by atoms with Crippen LogP contribution < -0.4 is 16.1 Å². The van der Waals surface area contributed by atoms with Crippen LogP contribution in [0.5, 0.6) is 0 Å². The van der Waals surface area contributed by atoms with Gasteiger partial charge in [-0.05, 0) is 42.5 Å². The summed E-state index contributed by atoms with van der Waals surface area (Å²) in [6.45, 7) is 0.358. The Morgan fingerprint density at radius 2 is 2.07 bits per heavy atom. The molecule has 0 atom stereocenters. The maximum absolute atomic E-state index is 12.3. The maximum Gasteiger partial charge on any atom is 0.261 e. The van der Waals surface area contributed by atoms with Gasteiger partial charge in [0.1, 0.15) is 13.6 Å². The topological polar surface area (TPSA) is 80.0 Å². The number of benzene rings is 1. The van der Waals surface area contributed by atoms with Crippen molar-refractivity contribution >= 4 is 42.2 Å². The Morgan fingerprint density at radius 1 is 1.14 bits per heavy atom. The first-order valence-electron chi connectivity index (χ1n) is 8.75. The molecule has 0 saturated carbocycles. The zero-order chi connectivity index (χ0) is 19.3. The molecule has 2 N–H and O–H groups in total. The van der Waals surface area contributed by atoms with Gasteiger partial charge in [0.15, 0.2) is 0 Å². The number of aromatic nitrogens is 2. The molecule has 3 aromatic heterocycles. The summed E-state index contributed by atoms with van der Waals surface area (Å²) in [6.07, 6.45) is 3.29. The first-order valence-corrected chi connectivity index (χ1v) is 9.56. The van der Waals surface area contributed by atoms with E-state index >= 15 is 0 Å². The predicted molar refractivity (Wildman–Crippen MR) is 113 cm³/mol. The molecule has 0 spiro atoms. The smallest absolute Gasteiger partial charge is 0.261 e. The zero-order valence-electron chi connectivity index (χ0n) is 15.2. The molecular formula is C20H17BN4O2S. The van der Waals surface area contributed by atoms with Crippen molar-refractivity contribution in [3.8, 4) is 10.6 Å². The maximum atomic E-state index is 12.3. The molecule has 8 heteroatoms. The van der Waals surface area contributed by atoms with Gasteiger partial charge in [-0.25, -0.2) is 9.97 Å². The normalized spacial score (nSPS) is 10.6. The lowest BCUT2D eigenvalue weighted by atomic mass is 9.96. The number of rotatable bonds is 6. The average Bonchev–Trinajstić information content (AvgIpc) is 3.38. The Morgan fingerprint density at radius 3 is 2.89 bits per heavy atom. The van der Waals surface area contributed by atoms with Crippen LogP contribution in [-0.2, 0) is 6.54 Å². The molecule has 138 valence electrons. The third-order valence-corrected chi connectivity index (χ3v) is 5.12. The average molecular weight is 388 g/mol. The van der Waals surface area contributed by atoms with Crippen molar-refractivity contribution in [1.29, 1.82) is 0 Å². The van der Waals surface area contributed by atoms with E-state index in [9.17, 15) is 4.79 Å². The van der Waals surface area contributed by atoms with Gasteiger partial charge in [0, 0.05) is 11.9 Å². The first kappa shape index (κ1) is 18.0.